The molecular formula is C19H21Cl2FO2. The number of esters is 1. The molecule has 0 amide bonds. The number of hydrogen-bond donors (Lipinski definition) is 0. The van der Waals surface area contributed by atoms with Crippen LogP contribution in [-0.2, 0) is 16.0 Å². The largest absolute Gasteiger partial charge is 0.466 e. The highest BCUT2D eigenvalue weighted by Gasteiger charge is 2.14. The first-order valence-electron chi connectivity index (χ1n) is 7.64. The van der Waals surface area contributed by atoms with Crippen molar-refractivity contribution in [3.8, 4) is 11.1 Å². The van der Waals surface area contributed by atoms with Gasteiger partial charge in [0.15, 0.2) is 0 Å². The maximum absolute atomic E-state index is 14.3. The first-order valence-corrected chi connectivity index (χ1v) is 8.02. The van der Waals surface area contributed by atoms with Crippen LogP contribution in [0.1, 0.15) is 30.0 Å². The molecule has 0 spiro atoms. The van der Waals surface area contributed by atoms with Crippen LogP contribution in [-0.4, -0.2) is 12.6 Å². The predicted molar refractivity (Wildman–Crippen MR) is 98.5 cm³/mol. The number of aryl methyl sites for hydroxylation is 3. The van der Waals surface area contributed by atoms with Crippen molar-refractivity contribution in [2.45, 2.75) is 33.6 Å². The van der Waals surface area contributed by atoms with Crippen LogP contribution in [0.5, 0.6) is 0 Å². The molecule has 0 aromatic heterocycles. The van der Waals surface area contributed by atoms with Crippen LogP contribution in [0.25, 0.3) is 11.1 Å². The van der Waals surface area contributed by atoms with E-state index in [1.54, 1.807) is 19.1 Å². The molecule has 5 heteroatoms. The normalized spacial score (nSPS) is 10.2. The van der Waals surface area contributed by atoms with Crippen LogP contribution in [0.2, 0.25) is 5.02 Å². The van der Waals surface area contributed by atoms with Gasteiger partial charge in [-0.05, 0) is 67.1 Å². The van der Waals surface area contributed by atoms with E-state index >= 15 is 0 Å². The lowest BCUT2D eigenvalue weighted by molar-refractivity contribution is -0.143. The fourth-order valence-corrected chi connectivity index (χ4v) is 2.95. The van der Waals surface area contributed by atoms with E-state index in [9.17, 15) is 9.18 Å². The van der Waals surface area contributed by atoms with E-state index < -0.39 is 5.82 Å². The number of halogens is 3. The van der Waals surface area contributed by atoms with E-state index in [-0.39, 0.29) is 36.2 Å². The van der Waals surface area contributed by atoms with Crippen LogP contribution < -0.4 is 0 Å². The number of rotatable bonds is 5. The van der Waals surface area contributed by atoms with E-state index in [2.05, 4.69) is 0 Å². The quantitative estimate of drug-likeness (QED) is 0.632. The maximum atomic E-state index is 14.3. The van der Waals surface area contributed by atoms with Crippen LogP contribution in [0.4, 0.5) is 4.39 Å². The van der Waals surface area contributed by atoms with E-state index in [0.717, 1.165) is 22.3 Å². The van der Waals surface area contributed by atoms with E-state index in [4.69, 9.17) is 16.3 Å². The molecule has 0 atom stereocenters. The molecule has 130 valence electrons. The summed E-state index contributed by atoms with van der Waals surface area (Å²) in [6.07, 6.45) is 0.403. The van der Waals surface area contributed by atoms with Crippen LogP contribution >= 0.6 is 24.0 Å². The molecule has 2 aromatic carbocycles. The second kappa shape index (κ2) is 9.05. The third-order valence-electron chi connectivity index (χ3n) is 3.78. The molecule has 0 radical (unpaired) electrons. The highest BCUT2D eigenvalue weighted by Crippen LogP contribution is 2.32. The van der Waals surface area contributed by atoms with Crippen LogP contribution in [0, 0.1) is 19.7 Å². The third kappa shape index (κ3) is 4.71. The molecule has 0 unspecified atom stereocenters. The van der Waals surface area contributed by atoms with E-state index in [0.29, 0.717) is 12.2 Å². The van der Waals surface area contributed by atoms with Crippen LogP contribution in [0.3, 0.4) is 0 Å². The molecule has 2 rings (SSSR count). The Hall–Kier alpha value is -1.58. The Bertz CT molecular complexity index is 709. The van der Waals surface area contributed by atoms with Gasteiger partial charge in [0, 0.05) is 6.42 Å². The lowest BCUT2D eigenvalue weighted by Crippen LogP contribution is -2.06. The SMILES string of the molecule is CCOC(=O)CCc1cc(-c2c(C)cccc2C)cc(Cl)c1F.Cl. The van der Waals surface area contributed by atoms with Crippen molar-refractivity contribution in [2.24, 2.45) is 0 Å². The zero-order valence-corrected chi connectivity index (χ0v) is 15.6. The molecule has 0 saturated heterocycles. The summed E-state index contributed by atoms with van der Waals surface area (Å²) in [4.78, 5) is 11.5. The summed E-state index contributed by atoms with van der Waals surface area (Å²) in [6, 6.07) is 9.42. The Morgan fingerprint density at radius 3 is 2.42 bits per heavy atom. The molecule has 0 aliphatic carbocycles. The first kappa shape index (κ1) is 20.5. The summed E-state index contributed by atoms with van der Waals surface area (Å²) in [5, 5.41) is 0.0732. The van der Waals surface area contributed by atoms with Gasteiger partial charge in [0.25, 0.3) is 0 Å². The highest BCUT2D eigenvalue weighted by molar-refractivity contribution is 6.31. The molecule has 24 heavy (non-hydrogen) atoms. The van der Waals surface area contributed by atoms with Gasteiger partial charge in [-0.1, -0.05) is 29.8 Å². The Balaban J connectivity index is 0.00000288. The second-order valence-corrected chi connectivity index (χ2v) is 5.91. The molecular weight excluding hydrogens is 350 g/mol. The molecule has 0 N–H and O–H groups in total. The fraction of sp³-hybridized carbons (Fsp3) is 0.316. The van der Waals surface area contributed by atoms with E-state index in [1.165, 1.54) is 0 Å². The van der Waals surface area contributed by atoms with Gasteiger partial charge >= 0.3 is 5.97 Å². The number of hydrogen-bond acceptors (Lipinski definition) is 2. The summed E-state index contributed by atoms with van der Waals surface area (Å²) in [5.74, 6) is -0.800. The average Bonchev–Trinajstić information content (AvgIpc) is 2.49. The Labute approximate surface area is 153 Å². The third-order valence-corrected chi connectivity index (χ3v) is 4.05. The van der Waals surface area contributed by atoms with Crippen molar-refractivity contribution in [1.82, 2.24) is 0 Å². The minimum absolute atomic E-state index is 0. The number of benzene rings is 2. The highest BCUT2D eigenvalue weighted by atomic mass is 35.5. The topological polar surface area (TPSA) is 26.3 Å². The second-order valence-electron chi connectivity index (χ2n) is 5.50. The predicted octanol–water partition coefficient (Wildman–Crippen LogP) is 5.68. The van der Waals surface area contributed by atoms with Crippen molar-refractivity contribution in [3.63, 3.8) is 0 Å². The van der Waals surface area contributed by atoms with Gasteiger partial charge in [0.2, 0.25) is 0 Å². The minimum Gasteiger partial charge on any atom is -0.466 e. The van der Waals surface area contributed by atoms with Gasteiger partial charge in [0.05, 0.1) is 11.6 Å². The lowest BCUT2D eigenvalue weighted by Gasteiger charge is -2.13. The first-order chi connectivity index (χ1) is 10.9. The molecule has 0 fully saturated rings. The van der Waals surface area contributed by atoms with Gasteiger partial charge in [0.1, 0.15) is 5.82 Å². The molecule has 0 saturated carbocycles. The Morgan fingerprint density at radius 1 is 1.21 bits per heavy atom. The van der Waals surface area contributed by atoms with E-state index in [1.807, 2.05) is 32.0 Å². The summed E-state index contributed by atoms with van der Waals surface area (Å²) in [7, 11) is 0. The summed E-state index contributed by atoms with van der Waals surface area (Å²) in [5.41, 5.74) is 4.55. The van der Waals surface area contributed by atoms with Crippen molar-refractivity contribution >= 4 is 30.0 Å². The van der Waals surface area contributed by atoms with Gasteiger partial charge in [-0.3, -0.25) is 4.79 Å². The zero-order chi connectivity index (χ0) is 17.0. The minimum atomic E-state index is -0.467. The van der Waals surface area contributed by atoms with Gasteiger partial charge in [-0.25, -0.2) is 4.39 Å². The van der Waals surface area contributed by atoms with Gasteiger partial charge < -0.3 is 4.74 Å². The fourth-order valence-electron chi connectivity index (χ4n) is 2.71. The van der Waals surface area contributed by atoms with Crippen molar-refractivity contribution in [2.75, 3.05) is 6.61 Å². The van der Waals surface area contributed by atoms with Gasteiger partial charge in [-0.15, -0.1) is 12.4 Å². The lowest BCUT2D eigenvalue weighted by atomic mass is 9.93. The summed E-state index contributed by atoms with van der Waals surface area (Å²) in [6.45, 7) is 6.09. The molecule has 0 aliphatic rings. The number of carbonyl (C=O) groups is 1. The van der Waals surface area contributed by atoms with Gasteiger partial charge in [-0.2, -0.15) is 0 Å². The van der Waals surface area contributed by atoms with Crippen LogP contribution in [0.15, 0.2) is 30.3 Å². The van der Waals surface area contributed by atoms with Crippen molar-refractivity contribution in [1.29, 1.82) is 0 Å². The van der Waals surface area contributed by atoms with Crippen molar-refractivity contribution in [3.05, 3.63) is 57.9 Å². The monoisotopic (exact) mass is 370 g/mol. The zero-order valence-electron chi connectivity index (χ0n) is 14.0. The molecule has 2 aromatic rings. The standard InChI is InChI=1S/C19H20ClFO2.ClH/c1-4-23-17(22)9-8-14-10-15(11-16(20)19(14)21)18-12(2)6-5-7-13(18)3;/h5-7,10-11H,4,8-9H2,1-3H3;1H. The molecule has 0 aliphatic heterocycles. The Kier molecular flexibility index (Phi) is 7.71. The van der Waals surface area contributed by atoms with Crippen molar-refractivity contribution < 1.29 is 13.9 Å². The smallest absolute Gasteiger partial charge is 0.306 e. The summed E-state index contributed by atoms with van der Waals surface area (Å²) < 4.78 is 19.1. The number of ether oxygens (including phenoxy) is 1. The Morgan fingerprint density at radius 2 is 1.83 bits per heavy atom. The molecule has 0 heterocycles. The molecule has 2 nitrogen and oxygen atoms in total. The summed E-state index contributed by atoms with van der Waals surface area (Å²) >= 11 is 6.06. The maximum Gasteiger partial charge on any atom is 0.306 e. The molecule has 0 bridgehead atoms. The number of carbonyl (C=O) groups excluding carboxylic acids is 1. The average molecular weight is 371 g/mol.